The van der Waals surface area contributed by atoms with Gasteiger partial charge in [0.05, 0.1) is 11.4 Å². The molecule has 0 saturated heterocycles. The molecule has 0 radical (unpaired) electrons. The van der Waals surface area contributed by atoms with Crippen LogP contribution in [-0.4, -0.2) is 34.5 Å². The second-order valence-corrected chi connectivity index (χ2v) is 8.36. The number of anilines is 2. The van der Waals surface area contributed by atoms with Crippen molar-refractivity contribution in [3.05, 3.63) is 59.4 Å². The minimum Gasteiger partial charge on any atom is -0.325 e. The van der Waals surface area contributed by atoms with Gasteiger partial charge >= 0.3 is 0 Å². The van der Waals surface area contributed by atoms with Crippen LogP contribution in [0.25, 0.3) is 17.1 Å². The molecule has 0 aromatic carbocycles. The van der Waals surface area contributed by atoms with Crippen LogP contribution in [0.4, 0.5) is 11.6 Å². The van der Waals surface area contributed by atoms with Gasteiger partial charge in [-0.2, -0.15) is 10.2 Å². The number of aromatic nitrogens is 7. The molecule has 8 nitrogen and oxygen atoms in total. The lowest BCUT2D eigenvalue weighted by Gasteiger charge is -2.11. The lowest BCUT2D eigenvalue weighted by atomic mass is 10.1. The zero-order valence-corrected chi connectivity index (χ0v) is 18.3. The quantitative estimate of drug-likeness (QED) is 0.506. The molecule has 0 amide bonds. The fourth-order valence-electron chi connectivity index (χ4n) is 3.78. The Balaban J connectivity index is 1.51. The summed E-state index contributed by atoms with van der Waals surface area (Å²) in [5.41, 5.74) is 6.04. The molecule has 0 bridgehead atoms. The number of rotatable bonds is 6. The van der Waals surface area contributed by atoms with Crippen molar-refractivity contribution < 1.29 is 0 Å². The Hall–Kier alpha value is -3.55. The molecule has 0 aliphatic heterocycles. The third kappa shape index (κ3) is 3.93. The van der Waals surface area contributed by atoms with Crippen molar-refractivity contribution in [2.75, 3.05) is 5.32 Å². The summed E-state index contributed by atoms with van der Waals surface area (Å²) < 4.78 is 3.91. The van der Waals surface area contributed by atoms with E-state index in [4.69, 9.17) is 5.10 Å². The van der Waals surface area contributed by atoms with Crippen LogP contribution in [0.1, 0.15) is 35.5 Å². The highest BCUT2D eigenvalue weighted by molar-refractivity contribution is 5.71. The molecule has 1 aliphatic carbocycles. The van der Waals surface area contributed by atoms with Crippen LogP contribution >= 0.6 is 0 Å². The average Bonchev–Trinajstić information content (AvgIpc) is 3.44. The van der Waals surface area contributed by atoms with Crippen molar-refractivity contribution in [1.29, 1.82) is 0 Å². The Bertz CT molecular complexity index is 1230. The summed E-state index contributed by atoms with van der Waals surface area (Å²) >= 11 is 0. The smallest absolute Gasteiger partial charge is 0.159 e. The summed E-state index contributed by atoms with van der Waals surface area (Å²) in [6.07, 6.45) is 5.97. The normalized spacial score (nSPS) is 13.5. The van der Waals surface area contributed by atoms with Crippen LogP contribution in [0.2, 0.25) is 0 Å². The van der Waals surface area contributed by atoms with E-state index in [1.54, 1.807) is 6.33 Å². The summed E-state index contributed by atoms with van der Waals surface area (Å²) in [6.45, 7) is 8.98. The number of aryl methyl sites for hydroxylation is 3. The summed E-state index contributed by atoms with van der Waals surface area (Å²) in [4.78, 5) is 13.3. The molecular weight excluding hydrogens is 388 g/mol. The Kier molecular flexibility index (Phi) is 4.77. The average molecular weight is 415 g/mol. The van der Waals surface area contributed by atoms with Gasteiger partial charge in [-0.25, -0.2) is 19.3 Å². The van der Waals surface area contributed by atoms with Gasteiger partial charge in [0.15, 0.2) is 5.82 Å². The molecule has 8 heteroatoms. The lowest BCUT2D eigenvalue weighted by molar-refractivity contribution is 0.571. The van der Waals surface area contributed by atoms with E-state index < -0.39 is 0 Å². The van der Waals surface area contributed by atoms with E-state index in [9.17, 15) is 0 Å². The van der Waals surface area contributed by atoms with Crippen molar-refractivity contribution in [3.63, 3.8) is 0 Å². The maximum atomic E-state index is 4.94. The molecule has 0 unspecified atom stereocenters. The number of hydrogen-bond donors (Lipinski definition) is 1. The Morgan fingerprint density at radius 3 is 2.48 bits per heavy atom. The molecule has 1 saturated carbocycles. The fraction of sp³-hybridized carbons (Fsp3) is 0.348. The van der Waals surface area contributed by atoms with E-state index in [0.717, 1.165) is 52.1 Å². The molecule has 4 aromatic heterocycles. The number of pyridine rings is 1. The summed E-state index contributed by atoms with van der Waals surface area (Å²) in [6, 6.07) is 8.05. The van der Waals surface area contributed by atoms with Crippen LogP contribution < -0.4 is 5.32 Å². The first kappa shape index (κ1) is 19.4. The van der Waals surface area contributed by atoms with Crippen molar-refractivity contribution in [3.8, 4) is 17.1 Å². The first-order valence-electron chi connectivity index (χ1n) is 10.6. The van der Waals surface area contributed by atoms with Crippen molar-refractivity contribution in [2.45, 2.75) is 47.1 Å². The van der Waals surface area contributed by atoms with E-state index in [1.165, 1.54) is 12.8 Å². The molecule has 5 rings (SSSR count). The number of nitrogens with one attached hydrogen (secondary N) is 1. The van der Waals surface area contributed by atoms with E-state index in [-0.39, 0.29) is 0 Å². The van der Waals surface area contributed by atoms with Gasteiger partial charge in [0.1, 0.15) is 18.0 Å². The van der Waals surface area contributed by atoms with Gasteiger partial charge in [-0.1, -0.05) is 0 Å². The second-order valence-electron chi connectivity index (χ2n) is 8.36. The largest absolute Gasteiger partial charge is 0.325 e. The van der Waals surface area contributed by atoms with Gasteiger partial charge in [0, 0.05) is 41.3 Å². The first-order valence-corrected chi connectivity index (χ1v) is 10.6. The van der Waals surface area contributed by atoms with Gasteiger partial charge in [-0.05, 0) is 64.7 Å². The highest BCUT2D eigenvalue weighted by Gasteiger charge is 2.25. The van der Waals surface area contributed by atoms with E-state index in [1.807, 2.05) is 49.8 Å². The van der Waals surface area contributed by atoms with Crippen LogP contribution in [0.5, 0.6) is 0 Å². The highest BCUT2D eigenvalue weighted by Crippen LogP contribution is 2.35. The van der Waals surface area contributed by atoms with Crippen LogP contribution in [0, 0.1) is 33.6 Å². The monoisotopic (exact) mass is 414 g/mol. The second kappa shape index (κ2) is 7.61. The molecule has 4 aromatic rings. The minimum atomic E-state index is 0.694. The number of nitrogens with zero attached hydrogens (tertiary/aromatic N) is 7. The Morgan fingerprint density at radius 1 is 0.968 bits per heavy atom. The van der Waals surface area contributed by atoms with Crippen molar-refractivity contribution >= 4 is 11.6 Å². The maximum absolute atomic E-state index is 4.94. The van der Waals surface area contributed by atoms with Crippen LogP contribution in [0.15, 0.2) is 36.8 Å². The first-order chi connectivity index (χ1) is 15.0. The molecule has 1 fully saturated rings. The van der Waals surface area contributed by atoms with E-state index in [2.05, 4.69) is 43.0 Å². The number of hydrogen-bond acceptors (Lipinski definition) is 6. The third-order valence-corrected chi connectivity index (χ3v) is 5.63. The van der Waals surface area contributed by atoms with Crippen LogP contribution in [0.3, 0.4) is 0 Å². The summed E-state index contributed by atoms with van der Waals surface area (Å²) in [5, 5.41) is 13.0. The van der Waals surface area contributed by atoms with Gasteiger partial charge in [-0.3, -0.25) is 4.98 Å². The van der Waals surface area contributed by atoms with Crippen molar-refractivity contribution in [1.82, 2.24) is 34.5 Å². The molecule has 158 valence electrons. The highest BCUT2D eigenvalue weighted by atomic mass is 15.4. The van der Waals surface area contributed by atoms with Crippen molar-refractivity contribution in [2.24, 2.45) is 5.92 Å². The van der Waals surface area contributed by atoms with E-state index in [0.29, 0.717) is 11.7 Å². The van der Waals surface area contributed by atoms with Gasteiger partial charge in [0.25, 0.3) is 0 Å². The molecule has 4 heterocycles. The van der Waals surface area contributed by atoms with Crippen LogP contribution in [-0.2, 0) is 6.54 Å². The molecule has 0 spiro atoms. The fourth-order valence-corrected chi connectivity index (χ4v) is 3.78. The standard InChI is InChI=1S/C23H26N8/c1-14-5-8-19(11-24-14)22-17(4)23(30(29-22)12-18-6-7-18)27-20-10-21(26-13-25-20)31-16(3)9-15(2)28-31/h5,8-11,13,18H,6-7,12H2,1-4H3,(H,25,26,27). The predicted octanol–water partition coefficient (Wildman–Crippen LogP) is 4.31. The van der Waals surface area contributed by atoms with Gasteiger partial charge in [0.2, 0.25) is 0 Å². The van der Waals surface area contributed by atoms with Gasteiger partial charge in [-0.15, -0.1) is 0 Å². The lowest BCUT2D eigenvalue weighted by Crippen LogP contribution is -2.09. The van der Waals surface area contributed by atoms with E-state index >= 15 is 0 Å². The zero-order chi connectivity index (χ0) is 21.5. The Labute approximate surface area is 181 Å². The minimum absolute atomic E-state index is 0.694. The molecule has 31 heavy (non-hydrogen) atoms. The molecule has 1 N–H and O–H groups in total. The van der Waals surface area contributed by atoms with Gasteiger partial charge < -0.3 is 5.32 Å². The topological polar surface area (TPSA) is 86.3 Å². The Morgan fingerprint density at radius 2 is 1.81 bits per heavy atom. The maximum Gasteiger partial charge on any atom is 0.159 e. The zero-order valence-electron chi connectivity index (χ0n) is 18.3. The third-order valence-electron chi connectivity index (χ3n) is 5.63. The molecular formula is C23H26N8. The SMILES string of the molecule is Cc1ccc(-c2nn(CC3CC3)c(Nc3cc(-n4nc(C)cc4C)ncn3)c2C)cn1. The summed E-state index contributed by atoms with van der Waals surface area (Å²) in [5.74, 6) is 3.10. The molecule has 1 aliphatic rings. The summed E-state index contributed by atoms with van der Waals surface area (Å²) in [7, 11) is 0. The predicted molar refractivity (Wildman–Crippen MR) is 120 cm³/mol. The molecule has 0 atom stereocenters.